The van der Waals surface area contributed by atoms with Crippen LogP contribution in [0.15, 0.2) is 53.5 Å². The lowest BCUT2D eigenvalue weighted by molar-refractivity contribution is 0.0342. The minimum Gasteiger partial charge on any atom is -0.394 e. The summed E-state index contributed by atoms with van der Waals surface area (Å²) in [5.41, 5.74) is 2.95. The van der Waals surface area contributed by atoms with E-state index >= 15 is 0 Å². The van der Waals surface area contributed by atoms with Gasteiger partial charge < -0.3 is 24.7 Å². The smallest absolute Gasteiger partial charge is 0.257 e. The van der Waals surface area contributed by atoms with Crippen LogP contribution >= 0.6 is 11.6 Å². The molecule has 1 aliphatic heterocycles. The highest BCUT2D eigenvalue weighted by molar-refractivity contribution is 6.30. The summed E-state index contributed by atoms with van der Waals surface area (Å²) in [6.45, 7) is 3.52. The van der Waals surface area contributed by atoms with Crippen molar-refractivity contribution in [2.24, 2.45) is 0 Å². The second-order valence-corrected chi connectivity index (χ2v) is 9.63. The Morgan fingerprint density at radius 2 is 1.86 bits per heavy atom. The summed E-state index contributed by atoms with van der Waals surface area (Å²) < 4.78 is 7.24. The molecule has 188 valence electrons. The highest BCUT2D eigenvalue weighted by Gasteiger charge is 2.21. The molecule has 5 rings (SSSR count). The van der Waals surface area contributed by atoms with Crippen molar-refractivity contribution in [2.45, 2.75) is 25.6 Å². The van der Waals surface area contributed by atoms with Crippen molar-refractivity contribution in [3.05, 3.63) is 86.3 Å². The number of morpholine rings is 1. The highest BCUT2D eigenvalue weighted by Crippen LogP contribution is 2.27. The predicted molar refractivity (Wildman–Crippen MR) is 138 cm³/mol. The molecule has 0 bridgehead atoms. The topological polar surface area (TPSA) is 104 Å². The van der Waals surface area contributed by atoms with Gasteiger partial charge in [0.15, 0.2) is 0 Å². The van der Waals surface area contributed by atoms with Gasteiger partial charge in [0.1, 0.15) is 5.56 Å². The number of carbonyl (C=O) groups excluding carboxylic acids is 1. The van der Waals surface area contributed by atoms with Crippen molar-refractivity contribution >= 4 is 33.8 Å². The van der Waals surface area contributed by atoms with Crippen LogP contribution in [-0.4, -0.2) is 64.4 Å². The van der Waals surface area contributed by atoms with E-state index in [0.717, 1.165) is 29.6 Å². The van der Waals surface area contributed by atoms with Crippen LogP contribution in [0.4, 0.5) is 0 Å². The molecule has 0 spiro atoms. The fourth-order valence-corrected chi connectivity index (χ4v) is 4.88. The fourth-order valence-electron chi connectivity index (χ4n) is 4.76. The Balaban J connectivity index is 1.54. The summed E-state index contributed by atoms with van der Waals surface area (Å²) in [6, 6.07) is 13.0. The first kappa shape index (κ1) is 24.7. The van der Waals surface area contributed by atoms with Gasteiger partial charge in [-0.25, -0.2) is 0 Å². The zero-order valence-electron chi connectivity index (χ0n) is 19.7. The molecule has 36 heavy (non-hydrogen) atoms. The maximum Gasteiger partial charge on any atom is 0.257 e. The molecule has 0 aliphatic carbocycles. The largest absolute Gasteiger partial charge is 0.394 e. The predicted octanol–water partition coefficient (Wildman–Crippen LogP) is 2.20. The van der Waals surface area contributed by atoms with Gasteiger partial charge in [-0.15, -0.1) is 0 Å². The summed E-state index contributed by atoms with van der Waals surface area (Å²) in [5, 5.41) is 24.3. The van der Waals surface area contributed by atoms with Crippen molar-refractivity contribution in [1.82, 2.24) is 14.6 Å². The third-order valence-corrected chi connectivity index (χ3v) is 6.85. The Kier molecular flexibility index (Phi) is 7.22. The molecule has 1 amide bonds. The van der Waals surface area contributed by atoms with Crippen molar-refractivity contribution < 1.29 is 19.7 Å². The molecular weight excluding hydrogens is 482 g/mol. The summed E-state index contributed by atoms with van der Waals surface area (Å²) >= 11 is 5.94. The zero-order valence-corrected chi connectivity index (χ0v) is 20.5. The number of rotatable bonds is 8. The number of nitrogens with one attached hydrogen (secondary N) is 1. The first-order chi connectivity index (χ1) is 17.4. The second kappa shape index (κ2) is 10.5. The lowest BCUT2D eigenvalue weighted by Gasteiger charge is -2.26. The summed E-state index contributed by atoms with van der Waals surface area (Å²) in [4.78, 5) is 29.0. The van der Waals surface area contributed by atoms with Crippen LogP contribution in [-0.2, 0) is 24.2 Å². The van der Waals surface area contributed by atoms with Crippen LogP contribution in [0.2, 0.25) is 5.02 Å². The van der Waals surface area contributed by atoms with Gasteiger partial charge >= 0.3 is 0 Å². The number of nitrogens with zero attached hydrogens (tertiary/aromatic N) is 2. The average Bonchev–Trinajstić information content (AvgIpc) is 3.22. The van der Waals surface area contributed by atoms with Gasteiger partial charge in [-0.3, -0.25) is 14.5 Å². The van der Waals surface area contributed by atoms with Gasteiger partial charge in [-0.05, 0) is 41.5 Å². The molecule has 4 aromatic rings. The van der Waals surface area contributed by atoms with Crippen LogP contribution in [0.5, 0.6) is 0 Å². The standard InChI is InChI=1S/C27H28ClN3O5/c28-20-3-1-17(2-4-20)13-29-27(35)24-15-31-21(12-22(33)16-32)11-19-9-18(10-23(25(19)31)26(24)34)14-30-5-7-36-8-6-30/h1-4,9-11,15,22,32-33H,5-8,12-14,16H2,(H,29,35). The number of carbonyl (C=O) groups is 1. The Hall–Kier alpha value is -3.01. The minimum absolute atomic E-state index is 0.0252. The molecule has 3 heterocycles. The molecule has 1 atom stereocenters. The molecule has 8 nitrogen and oxygen atoms in total. The van der Waals surface area contributed by atoms with Gasteiger partial charge in [0.25, 0.3) is 5.91 Å². The van der Waals surface area contributed by atoms with Crippen LogP contribution in [0.3, 0.4) is 0 Å². The van der Waals surface area contributed by atoms with E-state index in [0.29, 0.717) is 41.4 Å². The van der Waals surface area contributed by atoms with E-state index in [2.05, 4.69) is 10.2 Å². The molecule has 1 aliphatic rings. The first-order valence-electron chi connectivity index (χ1n) is 12.0. The maximum absolute atomic E-state index is 13.5. The summed E-state index contributed by atoms with van der Waals surface area (Å²) in [7, 11) is 0. The lowest BCUT2D eigenvalue weighted by Crippen LogP contribution is -2.35. The number of benzene rings is 2. The third kappa shape index (κ3) is 5.09. The van der Waals surface area contributed by atoms with E-state index in [9.17, 15) is 19.8 Å². The van der Waals surface area contributed by atoms with E-state index in [1.54, 1.807) is 16.5 Å². The third-order valence-electron chi connectivity index (χ3n) is 6.60. The van der Waals surface area contributed by atoms with E-state index < -0.39 is 12.0 Å². The molecule has 2 aromatic carbocycles. The van der Waals surface area contributed by atoms with Crippen LogP contribution in [0.1, 0.15) is 27.2 Å². The average molecular weight is 510 g/mol. The maximum atomic E-state index is 13.5. The van der Waals surface area contributed by atoms with Gasteiger partial charge in [0.2, 0.25) is 5.43 Å². The van der Waals surface area contributed by atoms with E-state index in [-0.39, 0.29) is 30.6 Å². The number of aliphatic hydroxyl groups excluding tert-OH is 2. The van der Waals surface area contributed by atoms with Gasteiger partial charge in [0, 0.05) is 60.3 Å². The molecule has 3 N–H and O–H groups in total. The van der Waals surface area contributed by atoms with Crippen molar-refractivity contribution in [2.75, 3.05) is 32.9 Å². The van der Waals surface area contributed by atoms with Crippen molar-refractivity contribution in [3.63, 3.8) is 0 Å². The Morgan fingerprint density at radius 1 is 1.11 bits per heavy atom. The van der Waals surface area contributed by atoms with Crippen LogP contribution < -0.4 is 10.7 Å². The number of ether oxygens (including phenoxy) is 1. The molecule has 2 aromatic heterocycles. The number of halogens is 1. The van der Waals surface area contributed by atoms with E-state index in [1.165, 1.54) is 6.20 Å². The van der Waals surface area contributed by atoms with Gasteiger partial charge in [0.05, 0.1) is 31.4 Å². The zero-order chi connectivity index (χ0) is 25.2. The Morgan fingerprint density at radius 3 is 2.58 bits per heavy atom. The van der Waals surface area contributed by atoms with E-state index in [1.807, 2.05) is 30.3 Å². The van der Waals surface area contributed by atoms with Crippen molar-refractivity contribution in [1.29, 1.82) is 0 Å². The molecule has 1 fully saturated rings. The van der Waals surface area contributed by atoms with Crippen molar-refractivity contribution in [3.8, 4) is 0 Å². The number of hydrogen-bond acceptors (Lipinski definition) is 6. The number of pyridine rings is 1. The number of hydrogen-bond donors (Lipinski definition) is 3. The normalized spacial score (nSPS) is 15.5. The second-order valence-electron chi connectivity index (χ2n) is 9.20. The number of amides is 1. The lowest BCUT2D eigenvalue weighted by atomic mass is 10.0. The van der Waals surface area contributed by atoms with Gasteiger partial charge in [-0.1, -0.05) is 23.7 Å². The summed E-state index contributed by atoms with van der Waals surface area (Å²) in [5.74, 6) is -0.477. The minimum atomic E-state index is -0.949. The summed E-state index contributed by atoms with van der Waals surface area (Å²) in [6.07, 6.45) is 0.777. The molecule has 0 saturated carbocycles. The van der Waals surface area contributed by atoms with Gasteiger partial charge in [-0.2, -0.15) is 0 Å². The number of aromatic nitrogens is 1. The van der Waals surface area contributed by atoms with Crippen LogP contribution in [0, 0.1) is 0 Å². The molecule has 0 radical (unpaired) electrons. The molecule has 1 unspecified atom stereocenters. The van der Waals surface area contributed by atoms with E-state index in [4.69, 9.17) is 16.3 Å². The quantitative estimate of drug-likeness (QED) is 0.336. The Labute approximate surface area is 213 Å². The molecular formula is C27H28ClN3O5. The van der Waals surface area contributed by atoms with Crippen LogP contribution in [0.25, 0.3) is 16.3 Å². The molecule has 1 saturated heterocycles. The Bertz CT molecular complexity index is 1430. The highest BCUT2D eigenvalue weighted by atomic mass is 35.5. The SMILES string of the molecule is O=C(NCc1ccc(Cl)cc1)c1cn2c(CC(O)CO)cc3cc(CN4CCOCC4)cc(c1=O)c32. The molecule has 9 heteroatoms. The first-order valence-corrected chi connectivity index (χ1v) is 12.4. The monoisotopic (exact) mass is 509 g/mol. The number of aliphatic hydroxyl groups is 2. The fraction of sp³-hybridized carbons (Fsp3) is 0.333.